The molecular formula is C14H14Br2N4O. The van der Waals surface area contributed by atoms with Gasteiger partial charge in [0.1, 0.15) is 4.60 Å². The van der Waals surface area contributed by atoms with Gasteiger partial charge in [0.25, 0.3) is 0 Å². The first-order valence-electron chi connectivity index (χ1n) is 6.49. The van der Waals surface area contributed by atoms with E-state index in [0.717, 1.165) is 22.9 Å². The average molecular weight is 414 g/mol. The van der Waals surface area contributed by atoms with Gasteiger partial charge in [-0.15, -0.1) is 0 Å². The van der Waals surface area contributed by atoms with Crippen molar-refractivity contribution in [1.29, 1.82) is 0 Å². The highest BCUT2D eigenvalue weighted by atomic mass is 79.9. The number of amides is 1. The van der Waals surface area contributed by atoms with Crippen LogP contribution in [0.15, 0.2) is 39.9 Å². The van der Waals surface area contributed by atoms with E-state index in [0.29, 0.717) is 10.4 Å². The number of pyridine rings is 1. The molecule has 1 amide bonds. The lowest BCUT2D eigenvalue weighted by Crippen LogP contribution is -2.22. The van der Waals surface area contributed by atoms with E-state index in [-0.39, 0.29) is 11.8 Å². The number of carbonyl (C=O) groups is 1. The summed E-state index contributed by atoms with van der Waals surface area (Å²) < 4.78 is 1.49. The smallest absolute Gasteiger partial charge is 0.233 e. The number of anilines is 1. The molecule has 0 aliphatic heterocycles. The quantitative estimate of drug-likeness (QED) is 0.806. The maximum Gasteiger partial charge on any atom is 0.233 e. The summed E-state index contributed by atoms with van der Waals surface area (Å²) in [5, 5.41) is 2.80. The first-order chi connectivity index (χ1) is 10.1. The second-order valence-corrected chi connectivity index (χ2v) is 6.22. The van der Waals surface area contributed by atoms with Crippen molar-refractivity contribution >= 4 is 43.6 Å². The van der Waals surface area contributed by atoms with Gasteiger partial charge >= 0.3 is 0 Å². The number of halogens is 2. The number of carbonyl (C=O) groups excluding carboxylic acids is 1. The molecule has 7 heteroatoms. The molecule has 0 aliphatic carbocycles. The van der Waals surface area contributed by atoms with Crippen LogP contribution in [0.1, 0.15) is 31.2 Å². The van der Waals surface area contributed by atoms with Crippen molar-refractivity contribution in [2.24, 2.45) is 0 Å². The van der Waals surface area contributed by atoms with Crippen LogP contribution in [0.25, 0.3) is 0 Å². The van der Waals surface area contributed by atoms with E-state index in [1.165, 1.54) is 6.20 Å². The summed E-state index contributed by atoms with van der Waals surface area (Å²) >= 11 is 6.59. The van der Waals surface area contributed by atoms with Crippen molar-refractivity contribution in [3.8, 4) is 0 Å². The fourth-order valence-electron chi connectivity index (χ4n) is 1.95. The lowest BCUT2D eigenvalue weighted by molar-refractivity contribution is -0.117. The second-order valence-electron chi connectivity index (χ2n) is 4.49. The minimum absolute atomic E-state index is 0.103. The molecule has 1 unspecified atom stereocenters. The molecule has 1 atom stereocenters. The molecule has 0 aliphatic rings. The molecule has 110 valence electrons. The summed E-state index contributed by atoms with van der Waals surface area (Å²) in [4.78, 5) is 24.7. The van der Waals surface area contributed by atoms with Crippen molar-refractivity contribution < 1.29 is 4.79 Å². The minimum Gasteiger partial charge on any atom is -0.309 e. The molecular weight excluding hydrogens is 400 g/mol. The maximum atomic E-state index is 12.5. The van der Waals surface area contributed by atoms with Gasteiger partial charge in [0.05, 0.1) is 18.3 Å². The monoisotopic (exact) mass is 412 g/mol. The van der Waals surface area contributed by atoms with Crippen molar-refractivity contribution in [2.45, 2.75) is 25.7 Å². The van der Waals surface area contributed by atoms with Gasteiger partial charge in [-0.05, 0) is 49.9 Å². The third-order valence-corrected chi connectivity index (χ3v) is 3.74. The fourth-order valence-corrected chi connectivity index (χ4v) is 2.53. The van der Waals surface area contributed by atoms with Gasteiger partial charge in [-0.25, -0.2) is 9.97 Å². The van der Waals surface area contributed by atoms with E-state index in [2.05, 4.69) is 52.1 Å². The normalized spacial score (nSPS) is 12.0. The number of nitrogens with one attached hydrogen (secondary N) is 1. The summed E-state index contributed by atoms with van der Waals surface area (Å²) in [7, 11) is 0. The summed E-state index contributed by atoms with van der Waals surface area (Å²) in [5.74, 6) is 0.0751. The van der Waals surface area contributed by atoms with Gasteiger partial charge in [-0.2, -0.15) is 0 Å². The topological polar surface area (TPSA) is 67.8 Å². The zero-order valence-corrected chi connectivity index (χ0v) is 14.6. The molecule has 0 saturated heterocycles. The lowest BCUT2D eigenvalue weighted by Gasteiger charge is -2.16. The standard InChI is InChI=1S/C14H14Br2N4O/c1-2-3-11(9-4-10(15)6-17-5-9)14(21)20-13-8-18-12(16)7-19-13/h4-8,11H,2-3H2,1H3,(H,19,20,21). The SMILES string of the molecule is CCCC(C(=O)Nc1cnc(Br)cn1)c1cncc(Br)c1. The molecule has 1 N–H and O–H groups in total. The highest BCUT2D eigenvalue weighted by Gasteiger charge is 2.21. The highest BCUT2D eigenvalue weighted by Crippen LogP contribution is 2.24. The molecule has 0 bridgehead atoms. The van der Waals surface area contributed by atoms with E-state index in [9.17, 15) is 4.79 Å². The van der Waals surface area contributed by atoms with Crippen molar-refractivity contribution in [3.63, 3.8) is 0 Å². The Bertz CT molecular complexity index is 619. The zero-order valence-electron chi connectivity index (χ0n) is 11.4. The second kappa shape index (κ2) is 7.61. The first kappa shape index (κ1) is 16.0. The van der Waals surface area contributed by atoms with Crippen molar-refractivity contribution in [1.82, 2.24) is 15.0 Å². The lowest BCUT2D eigenvalue weighted by atomic mass is 9.95. The Labute approximate surface area is 139 Å². The van der Waals surface area contributed by atoms with Gasteiger partial charge in [0, 0.05) is 16.9 Å². The summed E-state index contributed by atoms with van der Waals surface area (Å²) in [6, 6.07) is 1.92. The van der Waals surface area contributed by atoms with Crippen LogP contribution < -0.4 is 5.32 Å². The Morgan fingerprint density at radius 1 is 1.24 bits per heavy atom. The third-order valence-electron chi connectivity index (χ3n) is 2.89. The molecule has 0 fully saturated rings. The van der Waals surface area contributed by atoms with Crippen molar-refractivity contribution in [3.05, 3.63) is 45.5 Å². The Balaban J connectivity index is 2.17. The van der Waals surface area contributed by atoms with Crippen LogP contribution >= 0.6 is 31.9 Å². The highest BCUT2D eigenvalue weighted by molar-refractivity contribution is 9.10. The molecule has 2 aromatic heterocycles. The van der Waals surface area contributed by atoms with E-state index in [4.69, 9.17) is 0 Å². The number of aromatic nitrogens is 3. The molecule has 2 aromatic rings. The van der Waals surface area contributed by atoms with E-state index in [1.807, 2.05) is 13.0 Å². The number of hydrogen-bond donors (Lipinski definition) is 1. The largest absolute Gasteiger partial charge is 0.309 e. The Morgan fingerprint density at radius 2 is 2.05 bits per heavy atom. The Hall–Kier alpha value is -1.34. The van der Waals surface area contributed by atoms with Gasteiger partial charge < -0.3 is 5.32 Å². The average Bonchev–Trinajstić information content (AvgIpc) is 2.47. The van der Waals surface area contributed by atoms with Crippen LogP contribution in [0.3, 0.4) is 0 Å². The van der Waals surface area contributed by atoms with Crippen LogP contribution in [0.5, 0.6) is 0 Å². The molecule has 21 heavy (non-hydrogen) atoms. The molecule has 0 aromatic carbocycles. The predicted molar refractivity (Wildman–Crippen MR) is 87.9 cm³/mol. The summed E-state index contributed by atoms with van der Waals surface area (Å²) in [6.07, 6.45) is 8.13. The van der Waals surface area contributed by atoms with E-state index in [1.54, 1.807) is 18.6 Å². The van der Waals surface area contributed by atoms with Crippen LogP contribution in [0.4, 0.5) is 5.82 Å². The van der Waals surface area contributed by atoms with Gasteiger partial charge in [0.2, 0.25) is 5.91 Å². The van der Waals surface area contributed by atoms with Crippen LogP contribution in [-0.2, 0) is 4.79 Å². The number of rotatable bonds is 5. The number of hydrogen-bond acceptors (Lipinski definition) is 4. The third kappa shape index (κ3) is 4.57. The van der Waals surface area contributed by atoms with Crippen molar-refractivity contribution in [2.75, 3.05) is 5.32 Å². The van der Waals surface area contributed by atoms with Gasteiger partial charge in [-0.3, -0.25) is 9.78 Å². The van der Waals surface area contributed by atoms with Gasteiger partial charge in [0.15, 0.2) is 5.82 Å². The Kier molecular flexibility index (Phi) is 5.81. The summed E-state index contributed by atoms with van der Waals surface area (Å²) in [5.41, 5.74) is 0.883. The van der Waals surface area contributed by atoms with Crippen LogP contribution in [-0.4, -0.2) is 20.9 Å². The Morgan fingerprint density at radius 3 is 2.67 bits per heavy atom. The van der Waals surface area contributed by atoms with E-state index < -0.39 is 0 Å². The molecule has 0 saturated carbocycles. The molecule has 0 radical (unpaired) electrons. The maximum absolute atomic E-state index is 12.5. The van der Waals surface area contributed by atoms with Crippen LogP contribution in [0, 0.1) is 0 Å². The molecule has 0 spiro atoms. The molecule has 2 rings (SSSR count). The predicted octanol–water partition coefficient (Wildman–Crippen LogP) is 3.92. The van der Waals surface area contributed by atoms with Crippen LogP contribution in [0.2, 0.25) is 0 Å². The minimum atomic E-state index is -0.259. The first-order valence-corrected chi connectivity index (χ1v) is 8.07. The fraction of sp³-hybridized carbons (Fsp3) is 0.286. The van der Waals surface area contributed by atoms with Gasteiger partial charge in [-0.1, -0.05) is 13.3 Å². The molecule has 2 heterocycles. The molecule has 5 nitrogen and oxygen atoms in total. The summed E-state index contributed by atoms with van der Waals surface area (Å²) in [6.45, 7) is 2.05. The van der Waals surface area contributed by atoms with E-state index >= 15 is 0 Å². The zero-order chi connectivity index (χ0) is 15.2. The number of nitrogens with zero attached hydrogens (tertiary/aromatic N) is 3.